The molecule has 2 aliphatic heterocycles. The first-order valence-corrected chi connectivity index (χ1v) is 6.77. The van der Waals surface area contributed by atoms with Crippen molar-refractivity contribution in [2.75, 3.05) is 13.2 Å². The van der Waals surface area contributed by atoms with Gasteiger partial charge in [-0.15, -0.1) is 0 Å². The lowest BCUT2D eigenvalue weighted by molar-refractivity contribution is -0.130. The van der Waals surface area contributed by atoms with Crippen molar-refractivity contribution in [1.82, 2.24) is 10.2 Å². The molecule has 0 spiro atoms. The van der Waals surface area contributed by atoms with Crippen molar-refractivity contribution in [3.63, 3.8) is 0 Å². The number of hydrogen-bond acceptors (Lipinski definition) is 3. The van der Waals surface area contributed by atoms with Crippen molar-refractivity contribution >= 4 is 5.91 Å². The van der Waals surface area contributed by atoms with E-state index in [1.54, 1.807) is 0 Å². The van der Waals surface area contributed by atoms with Gasteiger partial charge in [0, 0.05) is 13.2 Å². The molecule has 0 radical (unpaired) electrons. The summed E-state index contributed by atoms with van der Waals surface area (Å²) in [5.74, 6) is 0.614. The molecule has 1 N–H and O–H groups in total. The minimum absolute atomic E-state index is 0.00510. The molecule has 0 aromatic heterocycles. The molecule has 0 bridgehead atoms. The third kappa shape index (κ3) is 2.80. The highest BCUT2D eigenvalue weighted by Gasteiger charge is 2.37. The summed E-state index contributed by atoms with van der Waals surface area (Å²) in [6.45, 7) is 7.95. The second kappa shape index (κ2) is 5.36. The van der Waals surface area contributed by atoms with Crippen LogP contribution in [0.1, 0.15) is 40.0 Å². The number of carbonyl (C=O) groups is 1. The van der Waals surface area contributed by atoms with Crippen LogP contribution in [0.5, 0.6) is 0 Å². The van der Waals surface area contributed by atoms with Gasteiger partial charge < -0.3 is 9.64 Å². The number of amides is 1. The monoisotopic (exact) mass is 240 g/mol. The van der Waals surface area contributed by atoms with Crippen molar-refractivity contribution < 1.29 is 9.53 Å². The molecule has 2 heterocycles. The summed E-state index contributed by atoms with van der Waals surface area (Å²) in [5, 5.41) is 3.36. The van der Waals surface area contributed by atoms with Crippen LogP contribution in [0.4, 0.5) is 0 Å². The third-order valence-corrected chi connectivity index (χ3v) is 3.82. The zero-order valence-electron chi connectivity index (χ0n) is 11.1. The lowest BCUT2D eigenvalue weighted by atomic mass is 10.0. The van der Waals surface area contributed by atoms with Crippen molar-refractivity contribution in [3.8, 4) is 0 Å². The van der Waals surface area contributed by atoms with Crippen LogP contribution in [-0.4, -0.2) is 42.3 Å². The molecule has 17 heavy (non-hydrogen) atoms. The molecule has 1 amide bonds. The van der Waals surface area contributed by atoms with Crippen LogP contribution in [0.3, 0.4) is 0 Å². The van der Waals surface area contributed by atoms with Crippen molar-refractivity contribution in [2.45, 2.75) is 58.3 Å². The van der Waals surface area contributed by atoms with E-state index in [0.717, 1.165) is 26.0 Å². The topological polar surface area (TPSA) is 41.6 Å². The first-order valence-electron chi connectivity index (χ1n) is 6.77. The Bertz CT molecular complexity index is 275. The molecule has 0 saturated carbocycles. The molecule has 98 valence electrons. The van der Waals surface area contributed by atoms with Gasteiger partial charge in [0.2, 0.25) is 5.91 Å². The number of ether oxygens (including phenoxy) is 1. The van der Waals surface area contributed by atoms with Gasteiger partial charge in [-0.05, 0) is 32.1 Å². The Morgan fingerprint density at radius 1 is 1.53 bits per heavy atom. The number of nitrogens with one attached hydrogen (secondary N) is 1. The highest BCUT2D eigenvalue weighted by atomic mass is 16.5. The molecule has 2 aliphatic rings. The Morgan fingerprint density at radius 2 is 2.29 bits per heavy atom. The van der Waals surface area contributed by atoms with E-state index < -0.39 is 0 Å². The van der Waals surface area contributed by atoms with Crippen LogP contribution in [0.15, 0.2) is 0 Å². The Balaban J connectivity index is 1.85. The Labute approximate surface area is 104 Å². The summed E-state index contributed by atoms with van der Waals surface area (Å²) in [6.07, 6.45) is 3.82. The number of carbonyl (C=O) groups excluding carboxylic acids is 1. The van der Waals surface area contributed by atoms with Crippen molar-refractivity contribution in [3.05, 3.63) is 0 Å². The highest BCUT2D eigenvalue weighted by Crippen LogP contribution is 2.20. The fraction of sp³-hybridized carbons (Fsp3) is 0.923. The standard InChI is InChI=1S/C13H24N2O2/c1-9(2)12-13(16)15(10(3)14-12)7-6-11-5-4-8-17-11/h9-12,14H,4-8H2,1-3H3. The van der Waals surface area contributed by atoms with E-state index in [0.29, 0.717) is 12.0 Å². The van der Waals surface area contributed by atoms with Crippen molar-refractivity contribution in [2.24, 2.45) is 5.92 Å². The lowest BCUT2D eigenvalue weighted by Gasteiger charge is -2.22. The smallest absolute Gasteiger partial charge is 0.241 e. The highest BCUT2D eigenvalue weighted by molar-refractivity contribution is 5.84. The van der Waals surface area contributed by atoms with Gasteiger partial charge in [-0.2, -0.15) is 0 Å². The quantitative estimate of drug-likeness (QED) is 0.806. The van der Waals surface area contributed by atoms with Crippen LogP contribution in [0, 0.1) is 5.92 Å². The average Bonchev–Trinajstić information content (AvgIpc) is 2.86. The van der Waals surface area contributed by atoms with Crippen molar-refractivity contribution in [1.29, 1.82) is 0 Å². The maximum atomic E-state index is 12.2. The van der Waals surface area contributed by atoms with E-state index in [9.17, 15) is 4.79 Å². The van der Waals surface area contributed by atoms with E-state index in [2.05, 4.69) is 26.1 Å². The average molecular weight is 240 g/mol. The van der Waals surface area contributed by atoms with Gasteiger partial charge >= 0.3 is 0 Å². The normalized spacial score (nSPS) is 34.0. The second-order valence-electron chi connectivity index (χ2n) is 5.52. The van der Waals surface area contributed by atoms with Gasteiger partial charge in [0.1, 0.15) is 0 Å². The molecular weight excluding hydrogens is 216 g/mol. The minimum atomic E-state index is -0.00510. The molecule has 2 rings (SSSR count). The fourth-order valence-corrected chi connectivity index (χ4v) is 2.73. The predicted octanol–water partition coefficient (Wildman–Crippen LogP) is 1.36. The molecule has 2 saturated heterocycles. The summed E-state index contributed by atoms with van der Waals surface area (Å²) in [6, 6.07) is -0.00510. The number of nitrogens with zero attached hydrogens (tertiary/aromatic N) is 1. The van der Waals surface area contributed by atoms with E-state index >= 15 is 0 Å². The second-order valence-corrected chi connectivity index (χ2v) is 5.52. The van der Waals surface area contributed by atoms with Gasteiger partial charge in [0.25, 0.3) is 0 Å². The van der Waals surface area contributed by atoms with Gasteiger partial charge in [-0.25, -0.2) is 0 Å². The minimum Gasteiger partial charge on any atom is -0.378 e. The number of hydrogen-bond donors (Lipinski definition) is 1. The summed E-state index contributed by atoms with van der Waals surface area (Å²) in [4.78, 5) is 14.1. The summed E-state index contributed by atoms with van der Waals surface area (Å²) >= 11 is 0. The maximum Gasteiger partial charge on any atom is 0.241 e. The lowest BCUT2D eigenvalue weighted by Crippen LogP contribution is -2.36. The summed E-state index contributed by atoms with van der Waals surface area (Å²) in [7, 11) is 0. The van der Waals surface area contributed by atoms with Crippen LogP contribution in [-0.2, 0) is 9.53 Å². The van der Waals surface area contributed by atoms with Crippen LogP contribution < -0.4 is 5.32 Å². The van der Waals surface area contributed by atoms with Gasteiger partial charge in [-0.3, -0.25) is 10.1 Å². The Kier molecular flexibility index (Phi) is 4.05. The van der Waals surface area contributed by atoms with E-state index in [1.165, 1.54) is 6.42 Å². The Morgan fingerprint density at radius 3 is 2.82 bits per heavy atom. The molecular formula is C13H24N2O2. The molecule has 0 aliphatic carbocycles. The van der Waals surface area contributed by atoms with Gasteiger partial charge in [0.05, 0.1) is 18.3 Å². The van der Waals surface area contributed by atoms with Gasteiger partial charge in [0.15, 0.2) is 0 Å². The van der Waals surface area contributed by atoms with E-state index in [4.69, 9.17) is 4.74 Å². The van der Waals surface area contributed by atoms with Crippen LogP contribution in [0.2, 0.25) is 0 Å². The first-order chi connectivity index (χ1) is 8.09. The van der Waals surface area contributed by atoms with Crippen LogP contribution >= 0.6 is 0 Å². The molecule has 3 unspecified atom stereocenters. The first kappa shape index (κ1) is 12.8. The molecule has 0 aromatic rings. The molecule has 4 heteroatoms. The SMILES string of the molecule is CC(C)C1NC(C)N(CCC2CCCO2)C1=O. The fourth-order valence-electron chi connectivity index (χ4n) is 2.73. The zero-order valence-corrected chi connectivity index (χ0v) is 11.1. The molecule has 0 aromatic carbocycles. The maximum absolute atomic E-state index is 12.2. The molecule has 3 atom stereocenters. The van der Waals surface area contributed by atoms with E-state index in [1.807, 2.05) is 4.90 Å². The third-order valence-electron chi connectivity index (χ3n) is 3.82. The number of rotatable bonds is 4. The molecule has 2 fully saturated rings. The van der Waals surface area contributed by atoms with Crippen LogP contribution in [0.25, 0.3) is 0 Å². The molecule has 4 nitrogen and oxygen atoms in total. The largest absolute Gasteiger partial charge is 0.378 e. The predicted molar refractivity (Wildman–Crippen MR) is 66.5 cm³/mol. The summed E-state index contributed by atoms with van der Waals surface area (Å²) in [5.41, 5.74) is 0. The zero-order chi connectivity index (χ0) is 12.4. The van der Waals surface area contributed by atoms with E-state index in [-0.39, 0.29) is 18.1 Å². The van der Waals surface area contributed by atoms with Gasteiger partial charge in [-0.1, -0.05) is 13.8 Å². The summed E-state index contributed by atoms with van der Waals surface area (Å²) < 4.78 is 5.60. The Hall–Kier alpha value is -0.610.